The highest BCUT2D eigenvalue weighted by atomic mass is 16.5. The lowest BCUT2D eigenvalue weighted by molar-refractivity contribution is -0.158. The van der Waals surface area contributed by atoms with E-state index in [0.717, 1.165) is 10.5 Å². The van der Waals surface area contributed by atoms with Crippen molar-refractivity contribution >= 4 is 23.7 Å². The summed E-state index contributed by atoms with van der Waals surface area (Å²) < 4.78 is 5.57. The molecule has 35 heavy (non-hydrogen) atoms. The lowest BCUT2D eigenvalue weighted by Gasteiger charge is -2.38. The molecule has 1 aliphatic heterocycles. The third-order valence-electron chi connectivity index (χ3n) is 6.15. The average molecular weight is 471 g/mol. The Balaban J connectivity index is 1.61. The number of carbonyl (C=O) groups excluding carboxylic acids is 4. The second-order valence-corrected chi connectivity index (χ2v) is 8.87. The van der Waals surface area contributed by atoms with Gasteiger partial charge in [0.1, 0.15) is 12.1 Å². The minimum absolute atomic E-state index is 0.0484. The van der Waals surface area contributed by atoms with Crippen LogP contribution in [0.4, 0.5) is 0 Å². The van der Waals surface area contributed by atoms with E-state index in [1.54, 1.807) is 54.6 Å². The molecule has 178 valence electrons. The summed E-state index contributed by atoms with van der Waals surface area (Å²) in [5, 5.41) is 0. The van der Waals surface area contributed by atoms with Gasteiger partial charge in [0.05, 0.1) is 11.1 Å². The highest BCUT2D eigenvalue weighted by Gasteiger charge is 2.50. The van der Waals surface area contributed by atoms with Gasteiger partial charge >= 0.3 is 5.97 Å². The van der Waals surface area contributed by atoms with Gasteiger partial charge in [-0.15, -0.1) is 0 Å². The molecular formula is C28H26N2O5. The number of esters is 1. The molecule has 0 spiro atoms. The Hall–Kier alpha value is -4.26. The summed E-state index contributed by atoms with van der Waals surface area (Å²) >= 11 is 0. The number of nitrogens with zero attached hydrogens (tertiary/aromatic N) is 2. The first-order valence-corrected chi connectivity index (χ1v) is 11.2. The number of hydrogen-bond donors (Lipinski definition) is 0. The summed E-state index contributed by atoms with van der Waals surface area (Å²) in [5.74, 6) is -2.27. The number of ether oxygens (including phenoxy) is 1. The van der Waals surface area contributed by atoms with Crippen molar-refractivity contribution in [3.8, 4) is 0 Å². The molecule has 0 aromatic heterocycles. The Bertz CT molecular complexity index is 1240. The normalized spacial score (nSPS) is 13.9. The largest absolute Gasteiger partial charge is 0.459 e. The van der Waals surface area contributed by atoms with Crippen LogP contribution in [0.15, 0.2) is 84.9 Å². The number of hydrogen-bond acceptors (Lipinski definition) is 5. The Morgan fingerprint density at radius 2 is 1.31 bits per heavy atom. The molecule has 0 radical (unpaired) electrons. The number of fused-ring (bicyclic) bond motifs is 1. The van der Waals surface area contributed by atoms with Crippen molar-refractivity contribution in [3.05, 3.63) is 107 Å². The molecule has 1 aliphatic rings. The fraction of sp³-hybridized carbons (Fsp3) is 0.214. The molecule has 1 unspecified atom stereocenters. The molecule has 4 rings (SSSR count). The summed E-state index contributed by atoms with van der Waals surface area (Å²) in [7, 11) is 1.48. The van der Waals surface area contributed by atoms with Crippen LogP contribution in [-0.2, 0) is 20.9 Å². The SMILES string of the molecule is CN(C(=O)C(C)(C)N1C(=O)c2ccccc2C1=O)C(C(=O)OCc1ccccc1)c1ccccc1. The minimum atomic E-state index is -1.55. The van der Waals surface area contributed by atoms with Crippen LogP contribution in [-0.4, -0.2) is 46.1 Å². The van der Waals surface area contributed by atoms with Crippen molar-refractivity contribution in [2.24, 2.45) is 0 Å². The molecule has 3 aromatic carbocycles. The van der Waals surface area contributed by atoms with Crippen LogP contribution in [0, 0.1) is 0 Å². The number of amides is 3. The van der Waals surface area contributed by atoms with E-state index in [1.165, 1.54) is 25.8 Å². The predicted molar refractivity (Wildman–Crippen MR) is 129 cm³/mol. The number of carbonyl (C=O) groups is 4. The summed E-state index contributed by atoms with van der Waals surface area (Å²) in [5.41, 5.74) is 0.327. The third-order valence-corrected chi connectivity index (χ3v) is 6.15. The van der Waals surface area contributed by atoms with Gasteiger partial charge in [-0.1, -0.05) is 72.8 Å². The molecule has 0 saturated carbocycles. The van der Waals surface area contributed by atoms with Crippen molar-refractivity contribution in [2.75, 3.05) is 7.05 Å². The van der Waals surface area contributed by atoms with Crippen molar-refractivity contribution < 1.29 is 23.9 Å². The fourth-order valence-corrected chi connectivity index (χ4v) is 4.30. The maximum absolute atomic E-state index is 13.8. The van der Waals surface area contributed by atoms with Crippen LogP contribution in [0.25, 0.3) is 0 Å². The van der Waals surface area contributed by atoms with Crippen LogP contribution in [0.2, 0.25) is 0 Å². The molecule has 0 aliphatic carbocycles. The molecule has 3 amide bonds. The maximum atomic E-state index is 13.8. The summed E-state index contributed by atoms with van der Waals surface area (Å²) in [4.78, 5) is 55.3. The van der Waals surface area contributed by atoms with Gasteiger partial charge in [0, 0.05) is 7.05 Å². The lowest BCUT2D eigenvalue weighted by atomic mass is 9.97. The first-order chi connectivity index (χ1) is 16.7. The van der Waals surface area contributed by atoms with E-state index in [9.17, 15) is 19.2 Å². The number of rotatable bonds is 7. The third kappa shape index (κ3) is 4.45. The first-order valence-electron chi connectivity index (χ1n) is 11.2. The second-order valence-electron chi connectivity index (χ2n) is 8.87. The molecule has 7 nitrogen and oxygen atoms in total. The average Bonchev–Trinajstić information content (AvgIpc) is 3.14. The molecule has 0 saturated heterocycles. The minimum Gasteiger partial charge on any atom is -0.459 e. The number of imide groups is 1. The zero-order valence-corrected chi connectivity index (χ0v) is 19.8. The summed E-state index contributed by atoms with van der Waals surface area (Å²) in [6, 6.07) is 23.4. The van der Waals surface area contributed by atoms with E-state index in [0.29, 0.717) is 5.56 Å². The number of likely N-dealkylation sites (N-methyl/N-ethyl adjacent to an activating group) is 1. The Morgan fingerprint density at radius 3 is 1.86 bits per heavy atom. The van der Waals surface area contributed by atoms with Gasteiger partial charge in [-0.3, -0.25) is 19.3 Å². The zero-order valence-electron chi connectivity index (χ0n) is 19.8. The topological polar surface area (TPSA) is 84.0 Å². The van der Waals surface area contributed by atoms with Crippen LogP contribution in [0.3, 0.4) is 0 Å². The molecule has 1 heterocycles. The van der Waals surface area contributed by atoms with Crippen LogP contribution in [0.5, 0.6) is 0 Å². The quantitative estimate of drug-likeness (QED) is 0.385. The molecular weight excluding hydrogens is 444 g/mol. The highest BCUT2D eigenvalue weighted by molar-refractivity contribution is 6.23. The zero-order chi connectivity index (χ0) is 25.2. The summed E-state index contributed by atoms with van der Waals surface area (Å²) in [6.45, 7) is 3.06. The Morgan fingerprint density at radius 1 is 0.829 bits per heavy atom. The smallest absolute Gasteiger partial charge is 0.333 e. The van der Waals surface area contributed by atoms with Crippen molar-refractivity contribution in [3.63, 3.8) is 0 Å². The van der Waals surface area contributed by atoms with Crippen LogP contribution < -0.4 is 0 Å². The van der Waals surface area contributed by atoms with Crippen molar-refractivity contribution in [1.82, 2.24) is 9.80 Å². The first kappa shape index (κ1) is 23.9. The highest BCUT2D eigenvalue weighted by Crippen LogP contribution is 2.32. The van der Waals surface area contributed by atoms with E-state index >= 15 is 0 Å². The molecule has 0 bridgehead atoms. The molecule has 1 atom stereocenters. The van der Waals surface area contributed by atoms with E-state index in [4.69, 9.17) is 4.74 Å². The fourth-order valence-electron chi connectivity index (χ4n) is 4.30. The van der Waals surface area contributed by atoms with E-state index in [-0.39, 0.29) is 17.7 Å². The standard InChI is InChI=1S/C28H26N2O5/c1-28(2,30-24(31)21-16-10-11-17-22(21)25(30)32)27(34)29(3)23(20-14-8-5-9-15-20)26(33)35-18-19-12-6-4-7-13-19/h4-17,23H,18H2,1-3H3. The molecule has 3 aromatic rings. The van der Waals surface area contributed by atoms with Crippen LogP contribution >= 0.6 is 0 Å². The molecule has 7 heteroatoms. The lowest BCUT2D eigenvalue weighted by Crippen LogP contribution is -2.58. The van der Waals surface area contributed by atoms with E-state index < -0.39 is 35.3 Å². The van der Waals surface area contributed by atoms with Crippen molar-refractivity contribution in [2.45, 2.75) is 32.0 Å². The van der Waals surface area contributed by atoms with Gasteiger partial charge in [0.25, 0.3) is 11.8 Å². The molecule has 0 fully saturated rings. The second kappa shape index (κ2) is 9.54. The predicted octanol–water partition coefficient (Wildman–Crippen LogP) is 4.00. The van der Waals surface area contributed by atoms with Gasteiger partial charge in [0.2, 0.25) is 5.91 Å². The Kier molecular flexibility index (Phi) is 6.51. The Labute approximate surface area is 203 Å². The monoisotopic (exact) mass is 470 g/mol. The van der Waals surface area contributed by atoms with E-state index in [2.05, 4.69) is 0 Å². The van der Waals surface area contributed by atoms with Gasteiger partial charge in [0.15, 0.2) is 6.04 Å². The van der Waals surface area contributed by atoms with Gasteiger partial charge in [-0.2, -0.15) is 0 Å². The van der Waals surface area contributed by atoms with Crippen LogP contribution in [0.1, 0.15) is 51.7 Å². The van der Waals surface area contributed by atoms with Gasteiger partial charge in [-0.25, -0.2) is 4.79 Å². The molecule has 0 N–H and O–H groups in total. The van der Waals surface area contributed by atoms with Gasteiger partial charge in [-0.05, 0) is 37.1 Å². The number of benzene rings is 3. The maximum Gasteiger partial charge on any atom is 0.333 e. The summed E-state index contributed by atoms with van der Waals surface area (Å²) in [6.07, 6.45) is 0. The van der Waals surface area contributed by atoms with E-state index in [1.807, 2.05) is 30.3 Å². The van der Waals surface area contributed by atoms with Crippen molar-refractivity contribution in [1.29, 1.82) is 0 Å². The van der Waals surface area contributed by atoms with Gasteiger partial charge < -0.3 is 9.64 Å².